The number of hydrogen-bond acceptors (Lipinski definition) is 4. The average Bonchev–Trinajstić information content (AvgIpc) is 2.54. The lowest BCUT2D eigenvalue weighted by Crippen LogP contribution is -2.11. The zero-order valence-electron chi connectivity index (χ0n) is 14.4. The Labute approximate surface area is 142 Å². The molecule has 24 heavy (non-hydrogen) atoms. The van der Waals surface area contributed by atoms with Crippen LogP contribution in [0.4, 0.5) is 5.69 Å². The third-order valence-corrected chi connectivity index (χ3v) is 3.46. The maximum Gasteiger partial charge on any atom is 0.228 e. The molecule has 1 heterocycles. The first kappa shape index (κ1) is 17.5. The highest BCUT2D eigenvalue weighted by atomic mass is 16.5. The van der Waals surface area contributed by atoms with Gasteiger partial charge in [0.05, 0.1) is 14.2 Å². The SMILES string of the molecule is COc1ccc(OC)c(/C=C(/C)CC(=O)Nc2ccnc(C)c2)c1. The van der Waals surface area contributed by atoms with Gasteiger partial charge >= 0.3 is 0 Å². The summed E-state index contributed by atoms with van der Waals surface area (Å²) in [4.78, 5) is 16.3. The second-order valence-corrected chi connectivity index (χ2v) is 5.51. The van der Waals surface area contributed by atoms with Gasteiger partial charge in [0, 0.05) is 29.6 Å². The zero-order chi connectivity index (χ0) is 17.5. The van der Waals surface area contributed by atoms with Crippen molar-refractivity contribution in [3.8, 4) is 11.5 Å². The van der Waals surface area contributed by atoms with Crippen molar-refractivity contribution in [1.82, 2.24) is 4.98 Å². The molecular formula is C19H22N2O3. The maximum atomic E-state index is 12.2. The van der Waals surface area contributed by atoms with Crippen molar-refractivity contribution >= 4 is 17.7 Å². The minimum Gasteiger partial charge on any atom is -0.497 e. The second kappa shape index (κ2) is 8.15. The van der Waals surface area contributed by atoms with Crippen LogP contribution in [0.1, 0.15) is 24.6 Å². The number of amides is 1. The predicted molar refractivity (Wildman–Crippen MR) is 95.4 cm³/mol. The van der Waals surface area contributed by atoms with Crippen molar-refractivity contribution in [3.63, 3.8) is 0 Å². The Morgan fingerprint density at radius 1 is 1.21 bits per heavy atom. The molecule has 1 N–H and O–H groups in total. The first-order valence-electron chi connectivity index (χ1n) is 7.63. The van der Waals surface area contributed by atoms with Crippen LogP contribution in [0.3, 0.4) is 0 Å². The van der Waals surface area contributed by atoms with Gasteiger partial charge in [0.1, 0.15) is 11.5 Å². The van der Waals surface area contributed by atoms with Crippen molar-refractivity contribution in [2.45, 2.75) is 20.3 Å². The van der Waals surface area contributed by atoms with Gasteiger partial charge in [-0.25, -0.2) is 0 Å². The minimum atomic E-state index is -0.0730. The van der Waals surface area contributed by atoms with Gasteiger partial charge < -0.3 is 14.8 Å². The number of methoxy groups -OCH3 is 2. The number of benzene rings is 1. The smallest absolute Gasteiger partial charge is 0.228 e. The molecule has 126 valence electrons. The molecule has 0 aliphatic heterocycles. The van der Waals surface area contributed by atoms with E-state index in [1.165, 1.54) is 0 Å². The van der Waals surface area contributed by atoms with E-state index in [9.17, 15) is 4.79 Å². The summed E-state index contributed by atoms with van der Waals surface area (Å²) in [6.45, 7) is 3.80. The molecule has 1 aromatic heterocycles. The largest absolute Gasteiger partial charge is 0.497 e. The Morgan fingerprint density at radius 2 is 2.00 bits per heavy atom. The molecule has 0 aliphatic carbocycles. The highest BCUT2D eigenvalue weighted by Gasteiger charge is 2.07. The van der Waals surface area contributed by atoms with Gasteiger partial charge in [-0.3, -0.25) is 9.78 Å². The molecule has 0 saturated carbocycles. The number of ether oxygens (including phenoxy) is 2. The molecule has 2 aromatic rings. The second-order valence-electron chi connectivity index (χ2n) is 5.51. The lowest BCUT2D eigenvalue weighted by molar-refractivity contribution is -0.115. The first-order chi connectivity index (χ1) is 11.5. The molecule has 0 spiro atoms. The van der Waals surface area contributed by atoms with Crippen LogP contribution >= 0.6 is 0 Å². The van der Waals surface area contributed by atoms with Crippen molar-refractivity contribution in [1.29, 1.82) is 0 Å². The van der Waals surface area contributed by atoms with E-state index < -0.39 is 0 Å². The zero-order valence-corrected chi connectivity index (χ0v) is 14.4. The van der Waals surface area contributed by atoms with Crippen LogP contribution in [0.25, 0.3) is 6.08 Å². The summed E-state index contributed by atoms with van der Waals surface area (Å²) < 4.78 is 10.6. The molecule has 1 amide bonds. The van der Waals surface area contributed by atoms with Crippen LogP contribution in [0.5, 0.6) is 11.5 Å². The number of aryl methyl sites for hydroxylation is 1. The maximum absolute atomic E-state index is 12.2. The van der Waals surface area contributed by atoms with Crippen molar-refractivity contribution in [2.75, 3.05) is 19.5 Å². The molecule has 0 bridgehead atoms. The van der Waals surface area contributed by atoms with Gasteiger partial charge in [0.25, 0.3) is 0 Å². The summed E-state index contributed by atoms with van der Waals surface area (Å²) in [5.41, 5.74) is 3.41. The molecule has 0 aliphatic rings. The fraction of sp³-hybridized carbons (Fsp3) is 0.263. The normalized spacial score (nSPS) is 11.1. The molecular weight excluding hydrogens is 304 g/mol. The molecule has 5 heteroatoms. The number of nitrogens with one attached hydrogen (secondary N) is 1. The van der Waals surface area contributed by atoms with E-state index >= 15 is 0 Å². The van der Waals surface area contributed by atoms with Gasteiger partial charge in [0.15, 0.2) is 0 Å². The molecule has 0 atom stereocenters. The monoisotopic (exact) mass is 326 g/mol. The van der Waals surface area contributed by atoms with Crippen LogP contribution in [-0.2, 0) is 4.79 Å². The van der Waals surface area contributed by atoms with E-state index in [0.29, 0.717) is 6.42 Å². The van der Waals surface area contributed by atoms with Gasteiger partial charge in [-0.15, -0.1) is 0 Å². The number of carbonyl (C=O) groups excluding carboxylic acids is 1. The fourth-order valence-corrected chi connectivity index (χ4v) is 2.35. The Morgan fingerprint density at radius 3 is 2.67 bits per heavy atom. The summed E-state index contributed by atoms with van der Waals surface area (Å²) in [5.74, 6) is 1.41. The van der Waals surface area contributed by atoms with Crippen molar-refractivity contribution in [3.05, 3.63) is 53.4 Å². The number of aromatic nitrogens is 1. The van der Waals surface area contributed by atoms with Gasteiger partial charge in [-0.2, -0.15) is 0 Å². The summed E-state index contributed by atoms with van der Waals surface area (Å²) >= 11 is 0. The van der Waals surface area contributed by atoms with E-state index in [1.807, 2.05) is 44.2 Å². The molecule has 0 radical (unpaired) electrons. The van der Waals surface area contributed by atoms with Crippen molar-refractivity contribution in [2.24, 2.45) is 0 Å². The number of anilines is 1. The third kappa shape index (κ3) is 4.84. The van der Waals surface area contributed by atoms with E-state index in [1.54, 1.807) is 26.5 Å². The lowest BCUT2D eigenvalue weighted by Gasteiger charge is -2.09. The Balaban J connectivity index is 2.09. The fourth-order valence-electron chi connectivity index (χ4n) is 2.35. The van der Waals surface area contributed by atoms with Crippen LogP contribution in [0.2, 0.25) is 0 Å². The van der Waals surface area contributed by atoms with Gasteiger partial charge in [-0.05, 0) is 44.2 Å². The number of pyridine rings is 1. The predicted octanol–water partition coefficient (Wildman–Crippen LogP) is 3.84. The summed E-state index contributed by atoms with van der Waals surface area (Å²) in [6.07, 6.45) is 3.90. The first-order valence-corrected chi connectivity index (χ1v) is 7.63. The summed E-state index contributed by atoms with van der Waals surface area (Å²) in [7, 11) is 3.24. The summed E-state index contributed by atoms with van der Waals surface area (Å²) in [5, 5.41) is 2.87. The Kier molecular flexibility index (Phi) is 5.95. The van der Waals surface area contributed by atoms with Crippen LogP contribution in [0, 0.1) is 6.92 Å². The molecule has 0 saturated heterocycles. The molecule has 0 unspecified atom stereocenters. The van der Waals surface area contributed by atoms with Gasteiger partial charge in [0.2, 0.25) is 5.91 Å². The third-order valence-electron chi connectivity index (χ3n) is 3.46. The van der Waals surface area contributed by atoms with Gasteiger partial charge in [-0.1, -0.05) is 11.6 Å². The quantitative estimate of drug-likeness (QED) is 0.876. The summed E-state index contributed by atoms with van der Waals surface area (Å²) in [6, 6.07) is 9.17. The van der Waals surface area contributed by atoms with E-state index in [-0.39, 0.29) is 5.91 Å². The lowest BCUT2D eigenvalue weighted by atomic mass is 10.1. The Bertz CT molecular complexity index is 754. The van der Waals surface area contributed by atoms with E-state index in [0.717, 1.165) is 34.0 Å². The van der Waals surface area contributed by atoms with Crippen LogP contribution < -0.4 is 14.8 Å². The average molecular weight is 326 g/mol. The number of hydrogen-bond donors (Lipinski definition) is 1. The number of rotatable bonds is 6. The highest BCUT2D eigenvalue weighted by Crippen LogP contribution is 2.26. The highest BCUT2D eigenvalue weighted by molar-refractivity contribution is 5.92. The number of carbonyl (C=O) groups is 1. The van der Waals surface area contributed by atoms with E-state index in [4.69, 9.17) is 9.47 Å². The number of nitrogens with zero attached hydrogens (tertiary/aromatic N) is 1. The van der Waals surface area contributed by atoms with E-state index in [2.05, 4.69) is 10.3 Å². The van der Waals surface area contributed by atoms with Crippen molar-refractivity contribution < 1.29 is 14.3 Å². The molecule has 5 nitrogen and oxygen atoms in total. The molecule has 1 aromatic carbocycles. The topological polar surface area (TPSA) is 60.5 Å². The molecule has 2 rings (SSSR count). The minimum absolute atomic E-state index is 0.0730. The molecule has 0 fully saturated rings. The van der Waals surface area contributed by atoms with Crippen LogP contribution in [-0.4, -0.2) is 25.1 Å². The Hall–Kier alpha value is -2.82. The van der Waals surface area contributed by atoms with Crippen LogP contribution in [0.15, 0.2) is 42.1 Å². The standard InChI is InChI=1S/C19H22N2O3/c1-13(9-15-12-17(23-3)5-6-18(15)24-4)10-19(22)21-16-7-8-20-14(2)11-16/h5-9,11-12H,10H2,1-4H3,(H,20,21,22)/b13-9-.